The minimum Gasteiger partial charge on any atom is -0.484 e. The maximum Gasteiger partial charge on any atom is 0.256 e. The van der Waals surface area contributed by atoms with Crippen molar-refractivity contribution in [2.24, 2.45) is 5.73 Å². The number of benzene rings is 2. The molecule has 6 heteroatoms. The summed E-state index contributed by atoms with van der Waals surface area (Å²) in [6.07, 6.45) is 0. The van der Waals surface area contributed by atoms with E-state index in [1.54, 1.807) is 24.3 Å². The number of carbonyl (C=O) groups is 1. The molecule has 2 rings (SSSR count). The smallest absolute Gasteiger partial charge is 0.256 e. The minimum atomic E-state index is -0.228. The van der Waals surface area contributed by atoms with Gasteiger partial charge in [-0.2, -0.15) is 0 Å². The van der Waals surface area contributed by atoms with Gasteiger partial charge in [-0.3, -0.25) is 4.79 Å². The average Bonchev–Trinajstić information content (AvgIpc) is 2.46. The van der Waals surface area contributed by atoms with Gasteiger partial charge in [-0.15, -0.1) is 0 Å². The molecule has 0 bridgehead atoms. The highest BCUT2D eigenvalue weighted by Crippen LogP contribution is 2.25. The lowest BCUT2D eigenvalue weighted by molar-refractivity contribution is 0.102. The molecule has 0 atom stereocenters. The highest BCUT2D eigenvalue weighted by Gasteiger charge is 2.12. The Balaban J connectivity index is 2.18. The van der Waals surface area contributed by atoms with Crippen LogP contribution in [0.15, 0.2) is 53.0 Å². The zero-order chi connectivity index (χ0) is 15.2. The van der Waals surface area contributed by atoms with E-state index in [2.05, 4.69) is 21.2 Å². The van der Waals surface area contributed by atoms with Crippen LogP contribution in [0.25, 0.3) is 0 Å². The van der Waals surface area contributed by atoms with Crippen LogP contribution in [0.3, 0.4) is 0 Å². The van der Waals surface area contributed by atoms with Crippen LogP contribution in [0.2, 0.25) is 0 Å². The summed E-state index contributed by atoms with van der Waals surface area (Å²) in [5, 5.41) is 2.81. The summed E-state index contributed by atoms with van der Waals surface area (Å²) < 4.78 is 6.20. The number of anilines is 1. The van der Waals surface area contributed by atoms with Crippen molar-refractivity contribution in [1.82, 2.24) is 0 Å². The molecule has 21 heavy (non-hydrogen) atoms. The third-order valence-electron chi connectivity index (χ3n) is 2.62. The van der Waals surface area contributed by atoms with E-state index in [9.17, 15) is 4.79 Å². The van der Waals surface area contributed by atoms with E-state index < -0.39 is 0 Å². The largest absolute Gasteiger partial charge is 0.484 e. The summed E-state index contributed by atoms with van der Waals surface area (Å²) >= 11 is 8.13. The molecule has 0 aliphatic carbocycles. The molecule has 4 nitrogen and oxygen atoms in total. The molecule has 0 saturated heterocycles. The molecular formula is C15H13BrN2O2S. The zero-order valence-corrected chi connectivity index (χ0v) is 13.4. The molecule has 0 aromatic heterocycles. The summed E-state index contributed by atoms with van der Waals surface area (Å²) in [4.78, 5) is 12.5. The lowest BCUT2D eigenvalue weighted by Gasteiger charge is -2.12. The second-order valence-corrected chi connectivity index (χ2v) is 5.56. The molecule has 0 radical (unpaired) electrons. The Kier molecular flexibility index (Phi) is 5.30. The van der Waals surface area contributed by atoms with E-state index in [1.165, 1.54) is 0 Å². The van der Waals surface area contributed by atoms with Gasteiger partial charge in [0.25, 0.3) is 5.91 Å². The Morgan fingerprint density at radius 3 is 2.57 bits per heavy atom. The first-order valence-electron chi connectivity index (χ1n) is 6.14. The van der Waals surface area contributed by atoms with E-state index in [-0.39, 0.29) is 17.5 Å². The first-order chi connectivity index (χ1) is 10.1. The van der Waals surface area contributed by atoms with Crippen molar-refractivity contribution in [3.8, 4) is 5.75 Å². The summed E-state index contributed by atoms with van der Waals surface area (Å²) in [6.45, 7) is 0.122. The van der Waals surface area contributed by atoms with Crippen molar-refractivity contribution in [3.05, 3.63) is 58.6 Å². The first-order valence-corrected chi connectivity index (χ1v) is 7.34. The summed E-state index contributed by atoms with van der Waals surface area (Å²) in [5.41, 5.74) is 6.52. The van der Waals surface area contributed by atoms with Crippen LogP contribution in [-0.4, -0.2) is 17.5 Å². The van der Waals surface area contributed by atoms with Crippen molar-refractivity contribution in [3.63, 3.8) is 0 Å². The van der Waals surface area contributed by atoms with Gasteiger partial charge in [0, 0.05) is 4.47 Å². The quantitative estimate of drug-likeness (QED) is 0.798. The van der Waals surface area contributed by atoms with E-state index in [1.807, 2.05) is 24.3 Å². The molecule has 0 fully saturated rings. The fourth-order valence-corrected chi connectivity index (χ4v) is 2.20. The molecule has 0 aliphatic heterocycles. The van der Waals surface area contributed by atoms with Gasteiger partial charge in [-0.1, -0.05) is 36.5 Å². The summed E-state index contributed by atoms with van der Waals surface area (Å²) in [7, 11) is 0. The topological polar surface area (TPSA) is 64.3 Å². The lowest BCUT2D eigenvalue weighted by atomic mass is 10.2. The Morgan fingerprint density at radius 1 is 1.19 bits per heavy atom. The van der Waals surface area contributed by atoms with Crippen LogP contribution < -0.4 is 15.8 Å². The Labute approximate surface area is 136 Å². The van der Waals surface area contributed by atoms with Crippen molar-refractivity contribution in [1.29, 1.82) is 0 Å². The van der Waals surface area contributed by atoms with Crippen molar-refractivity contribution < 1.29 is 9.53 Å². The molecule has 0 unspecified atom stereocenters. The molecule has 0 spiro atoms. The second kappa shape index (κ2) is 7.19. The number of nitrogens with one attached hydrogen (secondary N) is 1. The number of para-hydroxylation sites is 2. The fraction of sp³-hybridized carbons (Fsp3) is 0.0667. The monoisotopic (exact) mass is 364 g/mol. The summed E-state index contributed by atoms with van der Waals surface area (Å²) in [5.74, 6) is 0.291. The number of thiocarbonyl (C=S) groups is 1. The number of amides is 1. The lowest BCUT2D eigenvalue weighted by Crippen LogP contribution is -2.19. The molecule has 3 N–H and O–H groups in total. The van der Waals surface area contributed by atoms with Gasteiger partial charge in [-0.05, 0) is 40.2 Å². The number of hydrogen-bond donors (Lipinski definition) is 2. The van der Waals surface area contributed by atoms with Crippen LogP contribution in [-0.2, 0) is 0 Å². The molecule has 0 aliphatic rings. The SMILES string of the molecule is NC(=S)COc1ccccc1NC(=O)c1ccccc1Br. The van der Waals surface area contributed by atoms with Crippen LogP contribution >= 0.6 is 28.1 Å². The number of rotatable bonds is 5. The van der Waals surface area contributed by atoms with Crippen LogP contribution in [0.4, 0.5) is 5.69 Å². The predicted molar refractivity (Wildman–Crippen MR) is 90.8 cm³/mol. The van der Waals surface area contributed by atoms with E-state index in [4.69, 9.17) is 22.7 Å². The third kappa shape index (κ3) is 4.27. The van der Waals surface area contributed by atoms with E-state index in [0.717, 1.165) is 4.47 Å². The number of carbonyl (C=O) groups excluding carboxylic acids is 1. The fourth-order valence-electron chi connectivity index (χ4n) is 1.68. The Hall–Kier alpha value is -1.92. The van der Waals surface area contributed by atoms with Crippen molar-refractivity contribution in [2.45, 2.75) is 0 Å². The number of halogens is 1. The van der Waals surface area contributed by atoms with Gasteiger partial charge in [0.05, 0.1) is 11.3 Å². The molecule has 1 amide bonds. The molecule has 2 aromatic rings. The normalized spacial score (nSPS) is 9.95. The van der Waals surface area contributed by atoms with Crippen LogP contribution in [0.1, 0.15) is 10.4 Å². The zero-order valence-electron chi connectivity index (χ0n) is 11.0. The molecule has 0 saturated carbocycles. The number of hydrogen-bond acceptors (Lipinski definition) is 3. The van der Waals surface area contributed by atoms with Crippen LogP contribution in [0, 0.1) is 0 Å². The maximum absolute atomic E-state index is 12.3. The van der Waals surface area contributed by atoms with Gasteiger partial charge in [0.1, 0.15) is 17.3 Å². The first kappa shape index (κ1) is 15.5. The van der Waals surface area contributed by atoms with E-state index in [0.29, 0.717) is 17.0 Å². The molecular weight excluding hydrogens is 352 g/mol. The molecule has 2 aromatic carbocycles. The number of nitrogens with two attached hydrogens (primary N) is 1. The summed E-state index contributed by atoms with van der Waals surface area (Å²) in [6, 6.07) is 14.3. The van der Waals surface area contributed by atoms with Crippen LogP contribution in [0.5, 0.6) is 5.75 Å². The van der Waals surface area contributed by atoms with Gasteiger partial charge in [0.2, 0.25) is 0 Å². The van der Waals surface area contributed by atoms with Crippen molar-refractivity contribution in [2.75, 3.05) is 11.9 Å². The van der Waals surface area contributed by atoms with Gasteiger partial charge in [-0.25, -0.2) is 0 Å². The standard InChI is InChI=1S/C15H13BrN2O2S/c16-11-6-2-1-5-10(11)15(19)18-12-7-3-4-8-13(12)20-9-14(17)21/h1-8H,9H2,(H2,17,21)(H,18,19). The van der Waals surface area contributed by atoms with E-state index >= 15 is 0 Å². The van der Waals surface area contributed by atoms with Gasteiger partial charge >= 0.3 is 0 Å². The molecule has 0 heterocycles. The average molecular weight is 365 g/mol. The number of ether oxygens (including phenoxy) is 1. The highest BCUT2D eigenvalue weighted by molar-refractivity contribution is 9.10. The van der Waals surface area contributed by atoms with Crippen molar-refractivity contribution >= 4 is 44.7 Å². The van der Waals surface area contributed by atoms with Gasteiger partial charge in [0.15, 0.2) is 0 Å². The van der Waals surface area contributed by atoms with Gasteiger partial charge < -0.3 is 15.8 Å². The minimum absolute atomic E-state index is 0.122. The predicted octanol–water partition coefficient (Wildman–Crippen LogP) is 3.37. The maximum atomic E-state index is 12.3. The third-order valence-corrected chi connectivity index (χ3v) is 3.43. The highest BCUT2D eigenvalue weighted by atomic mass is 79.9. The Bertz CT molecular complexity index is 676. The second-order valence-electron chi connectivity index (χ2n) is 4.19. The molecule has 108 valence electrons. The Morgan fingerprint density at radius 2 is 1.86 bits per heavy atom.